The fourth-order valence-electron chi connectivity index (χ4n) is 4.73. The van der Waals surface area contributed by atoms with Crippen molar-refractivity contribution in [3.8, 4) is 11.5 Å². The number of anilines is 1. The van der Waals surface area contributed by atoms with Crippen molar-refractivity contribution >= 4 is 17.8 Å². The lowest BCUT2D eigenvalue weighted by atomic mass is 9.96. The van der Waals surface area contributed by atoms with Gasteiger partial charge in [-0.3, -0.25) is 0 Å². The predicted molar refractivity (Wildman–Crippen MR) is 142 cm³/mol. The van der Waals surface area contributed by atoms with Crippen molar-refractivity contribution in [2.75, 3.05) is 4.90 Å². The standard InChI is InChI=1S/C32H27NO2/c1-24-20-28-14-8-9-15-30(28)34-32(24)19-18-27-16-17-29(21-31(27)35-32)33(22-25-10-4-2-5-11-25)23-26-12-6-3-7-13-26/h2-21H,22-23H2,1H3. The second kappa shape index (κ2) is 8.84. The van der Waals surface area contributed by atoms with Gasteiger partial charge in [-0.25, -0.2) is 0 Å². The zero-order valence-corrected chi connectivity index (χ0v) is 19.7. The maximum atomic E-state index is 6.62. The molecule has 172 valence electrons. The third-order valence-corrected chi connectivity index (χ3v) is 6.64. The van der Waals surface area contributed by atoms with E-state index in [1.807, 2.05) is 24.3 Å². The van der Waals surface area contributed by atoms with Crippen LogP contribution in [-0.4, -0.2) is 5.79 Å². The van der Waals surface area contributed by atoms with Gasteiger partial charge in [-0.15, -0.1) is 0 Å². The number of hydrogen-bond donors (Lipinski definition) is 0. The summed E-state index contributed by atoms with van der Waals surface area (Å²) in [5.41, 5.74) is 6.79. The van der Waals surface area contributed by atoms with Crippen molar-refractivity contribution in [1.82, 2.24) is 0 Å². The van der Waals surface area contributed by atoms with E-state index in [1.165, 1.54) is 11.1 Å². The molecule has 0 N–H and O–H groups in total. The van der Waals surface area contributed by atoms with Crippen molar-refractivity contribution in [3.63, 3.8) is 0 Å². The van der Waals surface area contributed by atoms with Gasteiger partial charge in [-0.1, -0.05) is 78.9 Å². The lowest BCUT2D eigenvalue weighted by Gasteiger charge is -2.39. The fourth-order valence-corrected chi connectivity index (χ4v) is 4.73. The Kier molecular flexibility index (Phi) is 5.38. The van der Waals surface area contributed by atoms with Gasteiger partial charge in [0.15, 0.2) is 0 Å². The molecule has 4 aromatic carbocycles. The average molecular weight is 458 g/mol. The first-order valence-electron chi connectivity index (χ1n) is 12.0. The summed E-state index contributed by atoms with van der Waals surface area (Å²) in [6.45, 7) is 3.67. The summed E-state index contributed by atoms with van der Waals surface area (Å²) in [5, 5.41) is 0. The Morgan fingerprint density at radius 1 is 0.657 bits per heavy atom. The van der Waals surface area contributed by atoms with E-state index in [2.05, 4.69) is 109 Å². The van der Waals surface area contributed by atoms with Gasteiger partial charge in [0.25, 0.3) is 5.79 Å². The highest BCUT2D eigenvalue weighted by molar-refractivity contribution is 5.71. The molecule has 0 saturated heterocycles. The first-order chi connectivity index (χ1) is 17.2. The third kappa shape index (κ3) is 4.22. The van der Waals surface area contributed by atoms with E-state index in [-0.39, 0.29) is 0 Å². The van der Waals surface area contributed by atoms with E-state index < -0.39 is 5.79 Å². The molecule has 0 bridgehead atoms. The van der Waals surface area contributed by atoms with Crippen LogP contribution in [0.2, 0.25) is 0 Å². The van der Waals surface area contributed by atoms with Crippen LogP contribution in [0.25, 0.3) is 12.2 Å². The summed E-state index contributed by atoms with van der Waals surface area (Å²) in [6, 6.07) is 35.7. The summed E-state index contributed by atoms with van der Waals surface area (Å²) < 4.78 is 13.0. The Labute approximate surface area is 206 Å². The highest BCUT2D eigenvalue weighted by Crippen LogP contribution is 2.43. The molecule has 6 rings (SSSR count). The van der Waals surface area contributed by atoms with E-state index in [1.54, 1.807) is 0 Å². The number of ether oxygens (including phenoxy) is 2. The third-order valence-electron chi connectivity index (χ3n) is 6.64. The SMILES string of the molecule is CC1=Cc2ccccc2OC12C=Cc1ccc(N(Cc3ccccc3)Cc3ccccc3)cc1O2. The molecule has 1 atom stereocenters. The fraction of sp³-hybridized carbons (Fsp3) is 0.125. The molecule has 1 unspecified atom stereocenters. The maximum Gasteiger partial charge on any atom is 0.294 e. The van der Waals surface area contributed by atoms with E-state index in [4.69, 9.17) is 9.47 Å². The van der Waals surface area contributed by atoms with Gasteiger partial charge in [-0.05, 0) is 48.4 Å². The van der Waals surface area contributed by atoms with Crippen LogP contribution in [0.4, 0.5) is 5.69 Å². The first-order valence-corrected chi connectivity index (χ1v) is 12.0. The summed E-state index contributed by atoms with van der Waals surface area (Å²) >= 11 is 0. The highest BCUT2D eigenvalue weighted by Gasteiger charge is 2.40. The van der Waals surface area contributed by atoms with Gasteiger partial charge in [-0.2, -0.15) is 0 Å². The summed E-state index contributed by atoms with van der Waals surface area (Å²) in [7, 11) is 0. The molecule has 0 amide bonds. The van der Waals surface area contributed by atoms with E-state index in [0.29, 0.717) is 0 Å². The monoisotopic (exact) mass is 457 g/mol. The molecule has 0 radical (unpaired) electrons. The Hall–Kier alpha value is -4.24. The van der Waals surface area contributed by atoms with E-state index >= 15 is 0 Å². The van der Waals surface area contributed by atoms with Crippen molar-refractivity contribution in [1.29, 1.82) is 0 Å². The lowest BCUT2D eigenvalue weighted by molar-refractivity contribution is -0.0410. The van der Waals surface area contributed by atoms with Gasteiger partial charge < -0.3 is 14.4 Å². The van der Waals surface area contributed by atoms with Gasteiger partial charge in [0.1, 0.15) is 11.5 Å². The van der Waals surface area contributed by atoms with Crippen LogP contribution < -0.4 is 14.4 Å². The molecule has 1 spiro atoms. The molecule has 2 aliphatic rings. The minimum absolute atomic E-state index is 0.804. The molecule has 3 heteroatoms. The molecule has 2 heterocycles. The number of para-hydroxylation sites is 1. The lowest BCUT2D eigenvalue weighted by Crippen LogP contribution is -2.44. The Morgan fingerprint density at radius 2 is 1.29 bits per heavy atom. The molecule has 0 aromatic heterocycles. The molecule has 4 aromatic rings. The molecular formula is C32H27NO2. The first kappa shape index (κ1) is 21.3. The normalized spacial score (nSPS) is 17.6. The van der Waals surface area contributed by atoms with E-state index in [9.17, 15) is 0 Å². The number of benzene rings is 4. The summed E-state index contributed by atoms with van der Waals surface area (Å²) in [5.74, 6) is 0.726. The second-order valence-electron chi connectivity index (χ2n) is 9.12. The smallest absolute Gasteiger partial charge is 0.294 e. The summed E-state index contributed by atoms with van der Waals surface area (Å²) in [6.07, 6.45) is 6.27. The maximum absolute atomic E-state index is 6.62. The zero-order valence-electron chi connectivity index (χ0n) is 19.7. The average Bonchev–Trinajstić information content (AvgIpc) is 2.90. The Balaban J connectivity index is 1.34. The molecule has 0 aliphatic carbocycles. The van der Waals surface area contributed by atoms with Crippen LogP contribution in [0.5, 0.6) is 11.5 Å². The van der Waals surface area contributed by atoms with Gasteiger partial charge >= 0.3 is 0 Å². The minimum atomic E-state index is -0.927. The minimum Gasteiger partial charge on any atom is -0.444 e. The van der Waals surface area contributed by atoms with Gasteiger partial charge in [0.05, 0.1) is 0 Å². The topological polar surface area (TPSA) is 21.7 Å². The summed E-state index contributed by atoms with van der Waals surface area (Å²) in [4.78, 5) is 2.39. The molecule has 2 aliphatic heterocycles. The van der Waals surface area contributed by atoms with Gasteiger partial charge in [0, 0.05) is 47.6 Å². The van der Waals surface area contributed by atoms with Crippen LogP contribution in [-0.2, 0) is 13.1 Å². The molecule has 3 nitrogen and oxygen atoms in total. The molecule has 35 heavy (non-hydrogen) atoms. The van der Waals surface area contributed by atoms with Crippen molar-refractivity contribution in [3.05, 3.63) is 137 Å². The van der Waals surface area contributed by atoms with Crippen LogP contribution in [0.15, 0.2) is 115 Å². The van der Waals surface area contributed by atoms with Crippen molar-refractivity contribution in [2.45, 2.75) is 25.8 Å². The van der Waals surface area contributed by atoms with E-state index in [0.717, 1.165) is 47.0 Å². The van der Waals surface area contributed by atoms with Crippen LogP contribution >= 0.6 is 0 Å². The van der Waals surface area contributed by atoms with Crippen molar-refractivity contribution < 1.29 is 9.47 Å². The Morgan fingerprint density at radius 3 is 2.00 bits per heavy atom. The largest absolute Gasteiger partial charge is 0.444 e. The Bertz CT molecular complexity index is 1370. The van der Waals surface area contributed by atoms with Crippen molar-refractivity contribution in [2.24, 2.45) is 0 Å². The second-order valence-corrected chi connectivity index (χ2v) is 9.12. The number of nitrogens with zero attached hydrogens (tertiary/aromatic N) is 1. The molecule has 0 fully saturated rings. The molecular weight excluding hydrogens is 430 g/mol. The number of hydrogen-bond acceptors (Lipinski definition) is 3. The predicted octanol–water partition coefficient (Wildman–Crippen LogP) is 7.49. The number of rotatable bonds is 5. The van der Waals surface area contributed by atoms with Crippen LogP contribution in [0.3, 0.4) is 0 Å². The number of fused-ring (bicyclic) bond motifs is 2. The molecule has 0 saturated carbocycles. The zero-order chi connectivity index (χ0) is 23.7. The van der Waals surface area contributed by atoms with Crippen LogP contribution in [0.1, 0.15) is 29.2 Å². The quantitative estimate of drug-likeness (QED) is 0.310. The van der Waals surface area contributed by atoms with Crippen LogP contribution in [0, 0.1) is 0 Å². The highest BCUT2D eigenvalue weighted by atomic mass is 16.7. The van der Waals surface area contributed by atoms with Gasteiger partial charge in [0.2, 0.25) is 0 Å².